The van der Waals surface area contributed by atoms with Crippen LogP contribution in [0.5, 0.6) is 0 Å². The monoisotopic (exact) mass is 480 g/mol. The van der Waals surface area contributed by atoms with Gasteiger partial charge in [0.1, 0.15) is 0 Å². The van der Waals surface area contributed by atoms with Gasteiger partial charge in [0.15, 0.2) is 14.6 Å². The van der Waals surface area contributed by atoms with Gasteiger partial charge in [-0.25, -0.2) is 8.42 Å². The fraction of sp³-hybridized carbons (Fsp3) is 0.667. The second-order valence-corrected chi connectivity index (χ2v) is 12.3. The van der Waals surface area contributed by atoms with Crippen molar-refractivity contribution < 1.29 is 18.0 Å². The van der Waals surface area contributed by atoms with Crippen LogP contribution in [0.25, 0.3) is 0 Å². The minimum Gasteiger partial charge on any atom is -0.353 e. The van der Waals surface area contributed by atoms with E-state index in [0.717, 1.165) is 32.1 Å². The first-order valence-electron chi connectivity index (χ1n) is 11.9. The Balaban J connectivity index is 1.51. The Morgan fingerprint density at radius 3 is 2.25 bits per heavy atom. The first-order valence-corrected chi connectivity index (χ1v) is 13.8. The van der Waals surface area contributed by atoms with Crippen molar-refractivity contribution in [3.63, 3.8) is 0 Å². The van der Waals surface area contributed by atoms with E-state index in [0.29, 0.717) is 50.2 Å². The summed E-state index contributed by atoms with van der Waals surface area (Å²) in [5.41, 5.74) is 0. The van der Waals surface area contributed by atoms with E-state index in [1.54, 1.807) is 17.0 Å². The van der Waals surface area contributed by atoms with Crippen molar-refractivity contribution in [2.75, 3.05) is 13.1 Å². The summed E-state index contributed by atoms with van der Waals surface area (Å²) in [6.45, 7) is 0.805. The van der Waals surface area contributed by atoms with E-state index < -0.39 is 14.6 Å². The zero-order valence-electron chi connectivity index (χ0n) is 18.5. The zero-order chi connectivity index (χ0) is 22.8. The molecule has 32 heavy (non-hydrogen) atoms. The molecule has 1 saturated heterocycles. The fourth-order valence-electron chi connectivity index (χ4n) is 5.61. The van der Waals surface area contributed by atoms with E-state index in [1.165, 1.54) is 18.6 Å². The minimum atomic E-state index is -3.88. The van der Waals surface area contributed by atoms with Gasteiger partial charge >= 0.3 is 0 Å². The molecule has 4 rings (SSSR count). The Hall–Kier alpha value is -1.60. The zero-order valence-corrected chi connectivity index (χ0v) is 20.1. The molecule has 176 valence electrons. The normalized spacial score (nSPS) is 24.3. The summed E-state index contributed by atoms with van der Waals surface area (Å²) in [6.07, 6.45) is 9.06. The molecule has 2 aliphatic carbocycles. The largest absolute Gasteiger partial charge is 0.353 e. The van der Waals surface area contributed by atoms with Crippen LogP contribution in [-0.4, -0.2) is 49.0 Å². The number of hydrogen-bond acceptors (Lipinski definition) is 4. The van der Waals surface area contributed by atoms with Gasteiger partial charge in [-0.15, -0.1) is 0 Å². The van der Waals surface area contributed by atoms with E-state index in [9.17, 15) is 18.0 Å². The van der Waals surface area contributed by atoms with Gasteiger partial charge in [-0.2, -0.15) is 0 Å². The number of sulfone groups is 1. The summed E-state index contributed by atoms with van der Waals surface area (Å²) in [4.78, 5) is 28.4. The molecule has 0 bridgehead atoms. The molecule has 8 heteroatoms. The lowest BCUT2D eigenvalue weighted by Gasteiger charge is -2.38. The second kappa shape index (κ2) is 9.72. The van der Waals surface area contributed by atoms with Crippen molar-refractivity contribution in [2.24, 2.45) is 5.92 Å². The molecule has 1 aliphatic heterocycles. The van der Waals surface area contributed by atoms with Gasteiger partial charge in [-0.1, -0.05) is 43.7 Å². The molecule has 1 aromatic carbocycles. The molecular weight excluding hydrogens is 448 g/mol. The molecule has 6 nitrogen and oxygen atoms in total. The Morgan fingerprint density at radius 2 is 1.59 bits per heavy atom. The lowest BCUT2D eigenvalue weighted by molar-refractivity contribution is -0.138. The second-order valence-electron chi connectivity index (χ2n) is 9.59. The molecule has 1 unspecified atom stereocenters. The van der Waals surface area contributed by atoms with E-state index in [-0.39, 0.29) is 28.7 Å². The Morgan fingerprint density at radius 1 is 0.938 bits per heavy atom. The van der Waals surface area contributed by atoms with E-state index >= 15 is 0 Å². The lowest BCUT2D eigenvalue weighted by atomic mass is 9.92. The summed E-state index contributed by atoms with van der Waals surface area (Å²) in [5, 5.41) is 3.64. The van der Waals surface area contributed by atoms with Crippen molar-refractivity contribution >= 4 is 33.3 Å². The molecule has 2 saturated carbocycles. The third kappa shape index (κ3) is 4.56. The summed E-state index contributed by atoms with van der Waals surface area (Å²) >= 11 is 5.95. The van der Waals surface area contributed by atoms with Crippen molar-refractivity contribution in [2.45, 2.75) is 86.3 Å². The van der Waals surface area contributed by atoms with Gasteiger partial charge in [0.05, 0.1) is 10.8 Å². The van der Waals surface area contributed by atoms with Crippen molar-refractivity contribution in [3.05, 3.63) is 29.3 Å². The molecule has 3 fully saturated rings. The summed E-state index contributed by atoms with van der Waals surface area (Å²) in [6, 6.07) is 6.31. The van der Waals surface area contributed by atoms with Crippen molar-refractivity contribution in [1.82, 2.24) is 10.2 Å². The van der Waals surface area contributed by atoms with Crippen LogP contribution in [0.15, 0.2) is 29.2 Å². The highest BCUT2D eigenvalue weighted by molar-refractivity contribution is 7.93. The number of rotatable bonds is 5. The van der Waals surface area contributed by atoms with Gasteiger partial charge in [0, 0.05) is 24.2 Å². The molecule has 1 heterocycles. The summed E-state index contributed by atoms with van der Waals surface area (Å²) in [7, 11) is -3.88. The highest BCUT2D eigenvalue weighted by atomic mass is 35.5. The number of nitrogens with one attached hydrogen (secondary N) is 1. The van der Waals surface area contributed by atoms with Crippen molar-refractivity contribution in [1.29, 1.82) is 0 Å². The van der Waals surface area contributed by atoms with Crippen LogP contribution in [-0.2, 0) is 19.4 Å². The maximum Gasteiger partial charge on any atom is 0.244 e. The quantitative estimate of drug-likeness (QED) is 0.687. The SMILES string of the molecule is O=C(NC1CCCCC1)C1CCCN(C(=O)C2(S(=O)(=O)c3ccc(Cl)cc3)CCCC2)C1. The Labute approximate surface area is 196 Å². The van der Waals surface area contributed by atoms with Gasteiger partial charge < -0.3 is 10.2 Å². The van der Waals surface area contributed by atoms with Crippen LogP contribution in [0.1, 0.15) is 70.6 Å². The number of benzene rings is 1. The molecule has 3 aliphatic rings. The summed E-state index contributed by atoms with van der Waals surface area (Å²) in [5.74, 6) is -0.595. The smallest absolute Gasteiger partial charge is 0.244 e. The first kappa shape index (κ1) is 23.6. The van der Waals surface area contributed by atoms with Gasteiger partial charge in [0.2, 0.25) is 11.8 Å². The predicted octanol–water partition coefficient (Wildman–Crippen LogP) is 4.11. The van der Waals surface area contributed by atoms with Gasteiger partial charge in [-0.3, -0.25) is 9.59 Å². The number of nitrogens with zero attached hydrogens (tertiary/aromatic N) is 1. The molecule has 1 N–H and O–H groups in total. The number of likely N-dealkylation sites (tertiary alicyclic amines) is 1. The molecule has 1 aromatic rings. The first-order chi connectivity index (χ1) is 15.3. The third-order valence-corrected chi connectivity index (χ3v) is 10.2. The summed E-state index contributed by atoms with van der Waals surface area (Å²) < 4.78 is 25.9. The lowest BCUT2D eigenvalue weighted by Crippen LogP contribution is -2.56. The third-order valence-electron chi connectivity index (χ3n) is 7.47. The fourth-order valence-corrected chi connectivity index (χ4v) is 7.87. The molecule has 2 amide bonds. The van der Waals surface area contributed by atoms with E-state index in [2.05, 4.69) is 5.32 Å². The molecule has 0 spiro atoms. The number of carbonyl (C=O) groups excluding carboxylic acids is 2. The number of halogens is 1. The topological polar surface area (TPSA) is 83.6 Å². The minimum absolute atomic E-state index is 0.00966. The van der Waals surface area contributed by atoms with Crippen LogP contribution in [0.3, 0.4) is 0 Å². The maximum absolute atomic E-state index is 13.8. The number of carbonyl (C=O) groups is 2. The van der Waals surface area contributed by atoms with E-state index in [1.807, 2.05) is 0 Å². The van der Waals surface area contributed by atoms with Crippen LogP contribution in [0.2, 0.25) is 5.02 Å². The van der Waals surface area contributed by atoms with Crippen LogP contribution >= 0.6 is 11.6 Å². The van der Waals surface area contributed by atoms with Crippen LogP contribution in [0, 0.1) is 5.92 Å². The molecule has 1 atom stereocenters. The molecule has 0 aromatic heterocycles. The van der Waals surface area contributed by atoms with E-state index in [4.69, 9.17) is 11.6 Å². The van der Waals surface area contributed by atoms with Crippen LogP contribution in [0.4, 0.5) is 0 Å². The Bertz CT molecular complexity index is 935. The number of hydrogen-bond donors (Lipinski definition) is 1. The van der Waals surface area contributed by atoms with Crippen LogP contribution < -0.4 is 5.32 Å². The predicted molar refractivity (Wildman–Crippen MR) is 124 cm³/mol. The maximum atomic E-state index is 13.8. The van der Waals surface area contributed by atoms with Crippen molar-refractivity contribution in [3.8, 4) is 0 Å². The average Bonchev–Trinajstić information content (AvgIpc) is 3.31. The van der Waals surface area contributed by atoms with Gasteiger partial charge in [-0.05, 0) is 62.8 Å². The Kier molecular flexibility index (Phi) is 7.15. The average molecular weight is 481 g/mol. The standard InChI is InChI=1S/C24H33ClN2O4S/c25-19-10-12-21(13-11-19)32(30,31)24(14-4-5-15-24)23(29)27-16-6-7-18(17-27)22(28)26-20-8-2-1-3-9-20/h10-13,18,20H,1-9,14-17H2,(H,26,28). The molecular formula is C24H33ClN2O4S. The van der Waals surface area contributed by atoms with Gasteiger partial charge in [0.25, 0.3) is 0 Å². The number of amides is 2. The molecule has 0 radical (unpaired) electrons. The highest BCUT2D eigenvalue weighted by Gasteiger charge is 2.55. The highest BCUT2D eigenvalue weighted by Crippen LogP contribution is 2.42. The number of piperidine rings is 1.